The van der Waals surface area contributed by atoms with Crippen molar-refractivity contribution in [1.82, 2.24) is 15.0 Å². The summed E-state index contributed by atoms with van der Waals surface area (Å²) in [5, 5.41) is 0. The lowest BCUT2D eigenvalue weighted by Gasteiger charge is -2.34. The Bertz CT molecular complexity index is 462. The molecule has 0 spiro atoms. The van der Waals surface area contributed by atoms with E-state index in [0.29, 0.717) is 37.1 Å². The fraction of sp³-hybridized carbons (Fsp3) is 0.769. The zero-order chi connectivity index (χ0) is 13.9. The molecular weight excluding hydrogens is 256 g/mol. The zero-order valence-corrected chi connectivity index (χ0v) is 12.0. The zero-order valence-electron chi connectivity index (χ0n) is 12.0. The van der Waals surface area contributed by atoms with E-state index in [9.17, 15) is 0 Å². The van der Waals surface area contributed by atoms with Gasteiger partial charge in [0.2, 0.25) is 17.8 Å². The third-order valence-electron chi connectivity index (χ3n) is 3.98. The first-order chi connectivity index (χ1) is 9.74. The molecule has 2 fully saturated rings. The van der Waals surface area contributed by atoms with Crippen LogP contribution in [0.5, 0.6) is 0 Å². The standard InChI is InChI=1S/C13H22N6O/c1-10-4-2-3-5-19(10)13-16-11(14)15-12(17-13)18-6-8-20-9-7-18/h10H,2-9H2,1H3,(H2,14,15,16,17). The smallest absolute Gasteiger partial charge is 0.232 e. The average Bonchev–Trinajstić information content (AvgIpc) is 2.48. The van der Waals surface area contributed by atoms with Gasteiger partial charge in [-0.25, -0.2) is 0 Å². The van der Waals surface area contributed by atoms with Gasteiger partial charge >= 0.3 is 0 Å². The van der Waals surface area contributed by atoms with E-state index < -0.39 is 0 Å². The molecule has 3 heterocycles. The maximum atomic E-state index is 5.87. The molecule has 0 saturated carbocycles. The molecule has 1 aromatic rings. The van der Waals surface area contributed by atoms with E-state index in [1.165, 1.54) is 19.3 Å². The van der Waals surface area contributed by atoms with Crippen molar-refractivity contribution in [2.75, 3.05) is 48.4 Å². The molecule has 0 amide bonds. The van der Waals surface area contributed by atoms with Gasteiger partial charge < -0.3 is 20.3 Å². The van der Waals surface area contributed by atoms with Gasteiger partial charge in [0, 0.05) is 25.7 Å². The second-order valence-corrected chi connectivity index (χ2v) is 5.43. The monoisotopic (exact) mass is 278 g/mol. The van der Waals surface area contributed by atoms with Crippen LogP contribution < -0.4 is 15.5 Å². The number of hydrogen-bond acceptors (Lipinski definition) is 7. The number of nitrogens with zero attached hydrogens (tertiary/aromatic N) is 5. The number of hydrogen-bond donors (Lipinski definition) is 1. The van der Waals surface area contributed by atoms with Crippen molar-refractivity contribution in [2.45, 2.75) is 32.2 Å². The van der Waals surface area contributed by atoms with Gasteiger partial charge in [-0.15, -0.1) is 0 Å². The third-order valence-corrected chi connectivity index (χ3v) is 3.98. The van der Waals surface area contributed by atoms with E-state index in [-0.39, 0.29) is 0 Å². The molecule has 2 N–H and O–H groups in total. The van der Waals surface area contributed by atoms with Crippen molar-refractivity contribution >= 4 is 17.8 Å². The minimum Gasteiger partial charge on any atom is -0.378 e. The molecule has 1 atom stereocenters. The molecule has 110 valence electrons. The highest BCUT2D eigenvalue weighted by Crippen LogP contribution is 2.23. The summed E-state index contributed by atoms with van der Waals surface area (Å²) >= 11 is 0. The van der Waals surface area contributed by atoms with Crippen molar-refractivity contribution in [1.29, 1.82) is 0 Å². The largest absolute Gasteiger partial charge is 0.378 e. The Kier molecular flexibility index (Phi) is 3.86. The van der Waals surface area contributed by atoms with Crippen LogP contribution >= 0.6 is 0 Å². The molecule has 7 nitrogen and oxygen atoms in total. The normalized spacial score (nSPS) is 23.9. The number of nitrogen functional groups attached to an aromatic ring is 1. The van der Waals surface area contributed by atoms with Crippen LogP contribution in [0.3, 0.4) is 0 Å². The average molecular weight is 278 g/mol. The predicted octanol–water partition coefficient (Wildman–Crippen LogP) is 0.669. The van der Waals surface area contributed by atoms with Gasteiger partial charge in [0.1, 0.15) is 0 Å². The van der Waals surface area contributed by atoms with Crippen molar-refractivity contribution < 1.29 is 4.74 Å². The molecule has 20 heavy (non-hydrogen) atoms. The van der Waals surface area contributed by atoms with Crippen molar-refractivity contribution in [3.05, 3.63) is 0 Å². The Hall–Kier alpha value is -1.63. The van der Waals surface area contributed by atoms with Crippen molar-refractivity contribution in [3.8, 4) is 0 Å². The number of rotatable bonds is 2. The van der Waals surface area contributed by atoms with E-state index in [0.717, 1.165) is 19.6 Å². The Morgan fingerprint density at radius 3 is 2.55 bits per heavy atom. The number of aromatic nitrogens is 3. The van der Waals surface area contributed by atoms with E-state index in [2.05, 4.69) is 31.7 Å². The minimum absolute atomic E-state index is 0.300. The van der Waals surface area contributed by atoms with Crippen LogP contribution in [0.25, 0.3) is 0 Å². The highest BCUT2D eigenvalue weighted by molar-refractivity contribution is 5.44. The maximum Gasteiger partial charge on any atom is 0.232 e. The fourth-order valence-electron chi connectivity index (χ4n) is 2.80. The molecular formula is C13H22N6O. The lowest BCUT2D eigenvalue weighted by molar-refractivity contribution is 0.122. The highest BCUT2D eigenvalue weighted by Gasteiger charge is 2.23. The van der Waals surface area contributed by atoms with Gasteiger partial charge in [-0.1, -0.05) is 0 Å². The Morgan fingerprint density at radius 2 is 1.80 bits per heavy atom. The molecule has 2 aliphatic rings. The van der Waals surface area contributed by atoms with Crippen LogP contribution in [0, 0.1) is 0 Å². The number of piperidine rings is 1. The molecule has 0 aromatic carbocycles. The fourth-order valence-corrected chi connectivity index (χ4v) is 2.80. The predicted molar refractivity (Wildman–Crippen MR) is 77.9 cm³/mol. The maximum absolute atomic E-state index is 5.87. The molecule has 2 aliphatic heterocycles. The van der Waals surface area contributed by atoms with Crippen LogP contribution in [0.2, 0.25) is 0 Å². The first-order valence-electron chi connectivity index (χ1n) is 7.35. The molecule has 1 unspecified atom stereocenters. The van der Waals surface area contributed by atoms with E-state index in [1.807, 2.05) is 0 Å². The summed E-state index contributed by atoms with van der Waals surface area (Å²) < 4.78 is 5.36. The number of morpholine rings is 1. The Balaban J connectivity index is 1.85. The van der Waals surface area contributed by atoms with Gasteiger partial charge in [0.05, 0.1) is 13.2 Å². The van der Waals surface area contributed by atoms with Crippen molar-refractivity contribution in [2.24, 2.45) is 0 Å². The van der Waals surface area contributed by atoms with Crippen LogP contribution in [0.1, 0.15) is 26.2 Å². The summed E-state index contributed by atoms with van der Waals surface area (Å²) in [4.78, 5) is 17.6. The topological polar surface area (TPSA) is 80.4 Å². The second-order valence-electron chi connectivity index (χ2n) is 5.43. The summed E-state index contributed by atoms with van der Waals surface area (Å²) in [6, 6.07) is 0.461. The van der Waals surface area contributed by atoms with E-state index in [1.54, 1.807) is 0 Å². The summed E-state index contributed by atoms with van der Waals surface area (Å²) in [5.74, 6) is 1.69. The van der Waals surface area contributed by atoms with Gasteiger partial charge in [0.25, 0.3) is 0 Å². The number of anilines is 3. The minimum atomic E-state index is 0.300. The van der Waals surface area contributed by atoms with E-state index in [4.69, 9.17) is 10.5 Å². The van der Waals surface area contributed by atoms with Gasteiger partial charge in [-0.3, -0.25) is 0 Å². The highest BCUT2D eigenvalue weighted by atomic mass is 16.5. The van der Waals surface area contributed by atoms with Gasteiger partial charge in [-0.05, 0) is 26.2 Å². The molecule has 0 radical (unpaired) electrons. The van der Waals surface area contributed by atoms with Crippen LogP contribution in [-0.4, -0.2) is 53.8 Å². The van der Waals surface area contributed by atoms with Crippen molar-refractivity contribution in [3.63, 3.8) is 0 Å². The van der Waals surface area contributed by atoms with Gasteiger partial charge in [0.15, 0.2) is 0 Å². The molecule has 0 aliphatic carbocycles. The molecule has 2 saturated heterocycles. The first kappa shape index (κ1) is 13.4. The SMILES string of the molecule is CC1CCCCN1c1nc(N)nc(N2CCOCC2)n1. The van der Waals surface area contributed by atoms with Gasteiger partial charge in [-0.2, -0.15) is 15.0 Å². The molecule has 3 rings (SSSR count). The van der Waals surface area contributed by atoms with E-state index >= 15 is 0 Å². The number of ether oxygens (including phenoxy) is 1. The second kappa shape index (κ2) is 5.78. The molecule has 0 bridgehead atoms. The number of nitrogens with two attached hydrogens (primary N) is 1. The van der Waals surface area contributed by atoms with Crippen LogP contribution in [0.15, 0.2) is 0 Å². The first-order valence-corrected chi connectivity index (χ1v) is 7.35. The lowest BCUT2D eigenvalue weighted by Crippen LogP contribution is -2.40. The Labute approximate surface area is 119 Å². The Morgan fingerprint density at radius 1 is 1.05 bits per heavy atom. The molecule has 1 aromatic heterocycles. The lowest BCUT2D eigenvalue weighted by atomic mass is 10.0. The summed E-state index contributed by atoms with van der Waals surface area (Å²) in [6.45, 7) is 6.24. The summed E-state index contributed by atoms with van der Waals surface area (Å²) in [6.07, 6.45) is 3.63. The quantitative estimate of drug-likeness (QED) is 0.851. The summed E-state index contributed by atoms with van der Waals surface area (Å²) in [5.41, 5.74) is 5.87. The summed E-state index contributed by atoms with van der Waals surface area (Å²) in [7, 11) is 0. The molecule has 7 heteroatoms. The van der Waals surface area contributed by atoms with Crippen LogP contribution in [0.4, 0.5) is 17.8 Å². The van der Waals surface area contributed by atoms with Crippen LogP contribution in [-0.2, 0) is 4.74 Å². The third kappa shape index (κ3) is 2.77.